The number of aliphatic hydroxyl groups excluding tert-OH is 1. The van der Waals surface area contributed by atoms with Gasteiger partial charge in [0.1, 0.15) is 11.4 Å². The summed E-state index contributed by atoms with van der Waals surface area (Å²) in [5, 5.41) is 12.0. The zero-order valence-electron chi connectivity index (χ0n) is 12.3. The number of aromatic nitrogens is 1. The molecule has 0 unspecified atom stereocenters. The first kappa shape index (κ1) is 15.9. The molecule has 0 spiro atoms. The lowest BCUT2D eigenvalue weighted by Crippen LogP contribution is -2.34. The molecule has 0 saturated heterocycles. The number of hydrogen-bond donors (Lipinski definition) is 3. The van der Waals surface area contributed by atoms with Crippen LogP contribution in [0.2, 0.25) is 0 Å². The van der Waals surface area contributed by atoms with Crippen LogP contribution in [-0.2, 0) is 0 Å². The number of pyridine rings is 1. The molecule has 0 aliphatic carbocycles. The molecule has 0 fully saturated rings. The third-order valence-electron chi connectivity index (χ3n) is 3.50. The minimum Gasteiger partial charge on any atom is -0.394 e. The SMILES string of the molecule is Cc1cc(C(=O)N[C@@H](CO)c2ccc(F)cc2)c(=O)[nH]c1C. The lowest BCUT2D eigenvalue weighted by Gasteiger charge is -2.17. The highest BCUT2D eigenvalue weighted by atomic mass is 19.1. The summed E-state index contributed by atoms with van der Waals surface area (Å²) in [6, 6.07) is 6.22. The van der Waals surface area contributed by atoms with Gasteiger partial charge in [0, 0.05) is 5.69 Å². The number of hydrogen-bond acceptors (Lipinski definition) is 3. The number of benzene rings is 1. The standard InChI is InChI=1S/C16H17FN2O3/c1-9-7-13(15(21)18-10(9)2)16(22)19-14(8-20)11-3-5-12(17)6-4-11/h3-7,14,20H,8H2,1-2H3,(H,18,21)(H,19,22)/t14-/m0/s1. The van der Waals surface area contributed by atoms with Crippen LogP contribution < -0.4 is 10.9 Å². The van der Waals surface area contributed by atoms with Crippen LogP contribution in [0.15, 0.2) is 35.1 Å². The summed E-state index contributed by atoms with van der Waals surface area (Å²) in [6.45, 7) is 3.17. The van der Waals surface area contributed by atoms with Gasteiger partial charge in [0.05, 0.1) is 12.6 Å². The van der Waals surface area contributed by atoms with E-state index in [0.717, 1.165) is 5.56 Å². The first-order valence-corrected chi connectivity index (χ1v) is 6.80. The Morgan fingerprint density at radius 2 is 1.95 bits per heavy atom. The Labute approximate surface area is 126 Å². The van der Waals surface area contributed by atoms with E-state index in [1.807, 2.05) is 0 Å². The monoisotopic (exact) mass is 304 g/mol. The van der Waals surface area contributed by atoms with Crippen LogP contribution in [0.1, 0.15) is 33.2 Å². The number of halogens is 1. The van der Waals surface area contributed by atoms with Crippen molar-refractivity contribution in [1.82, 2.24) is 10.3 Å². The maximum absolute atomic E-state index is 12.9. The van der Waals surface area contributed by atoms with Crippen molar-refractivity contribution in [3.63, 3.8) is 0 Å². The second-order valence-corrected chi connectivity index (χ2v) is 5.08. The number of aliphatic hydroxyl groups is 1. The number of H-pyrrole nitrogens is 1. The van der Waals surface area contributed by atoms with E-state index in [0.29, 0.717) is 11.3 Å². The first-order valence-electron chi connectivity index (χ1n) is 6.80. The van der Waals surface area contributed by atoms with Crippen molar-refractivity contribution in [2.75, 3.05) is 6.61 Å². The van der Waals surface area contributed by atoms with Gasteiger partial charge in [-0.15, -0.1) is 0 Å². The fourth-order valence-electron chi connectivity index (χ4n) is 2.06. The third-order valence-corrected chi connectivity index (χ3v) is 3.50. The number of aryl methyl sites for hydroxylation is 2. The quantitative estimate of drug-likeness (QED) is 0.802. The predicted molar refractivity (Wildman–Crippen MR) is 80.2 cm³/mol. The Balaban J connectivity index is 2.25. The summed E-state index contributed by atoms with van der Waals surface area (Å²) in [7, 11) is 0. The van der Waals surface area contributed by atoms with Crippen molar-refractivity contribution in [1.29, 1.82) is 0 Å². The van der Waals surface area contributed by atoms with Crippen LogP contribution in [0.5, 0.6) is 0 Å². The Bertz CT molecular complexity index is 738. The molecule has 0 aliphatic rings. The van der Waals surface area contributed by atoms with Gasteiger partial charge in [-0.1, -0.05) is 12.1 Å². The van der Waals surface area contributed by atoms with Crippen molar-refractivity contribution in [2.24, 2.45) is 0 Å². The molecule has 1 heterocycles. The molecule has 1 atom stereocenters. The number of carbonyl (C=O) groups excluding carboxylic acids is 1. The third kappa shape index (κ3) is 3.40. The van der Waals surface area contributed by atoms with Crippen molar-refractivity contribution in [2.45, 2.75) is 19.9 Å². The van der Waals surface area contributed by atoms with Gasteiger partial charge in [-0.3, -0.25) is 9.59 Å². The molecule has 1 aromatic heterocycles. The van der Waals surface area contributed by atoms with Crippen LogP contribution in [0.25, 0.3) is 0 Å². The lowest BCUT2D eigenvalue weighted by molar-refractivity contribution is 0.0914. The van der Waals surface area contributed by atoms with Gasteiger partial charge in [0.15, 0.2) is 0 Å². The van der Waals surface area contributed by atoms with Gasteiger partial charge < -0.3 is 15.4 Å². The van der Waals surface area contributed by atoms with E-state index in [2.05, 4.69) is 10.3 Å². The molecule has 0 saturated carbocycles. The summed E-state index contributed by atoms with van der Waals surface area (Å²) >= 11 is 0. The van der Waals surface area contributed by atoms with E-state index in [4.69, 9.17) is 0 Å². The van der Waals surface area contributed by atoms with Gasteiger partial charge in [0.2, 0.25) is 0 Å². The number of carbonyl (C=O) groups is 1. The molecule has 2 aromatic rings. The van der Waals surface area contributed by atoms with Gasteiger partial charge in [0.25, 0.3) is 11.5 Å². The number of amides is 1. The maximum Gasteiger partial charge on any atom is 0.261 e. The molecule has 0 radical (unpaired) electrons. The molecule has 0 bridgehead atoms. The topological polar surface area (TPSA) is 82.2 Å². The molecular weight excluding hydrogens is 287 g/mol. The van der Waals surface area contributed by atoms with Gasteiger partial charge in [-0.05, 0) is 43.2 Å². The van der Waals surface area contributed by atoms with E-state index in [9.17, 15) is 19.1 Å². The summed E-state index contributed by atoms with van der Waals surface area (Å²) in [6.07, 6.45) is 0. The summed E-state index contributed by atoms with van der Waals surface area (Å²) in [5.74, 6) is -0.995. The highest BCUT2D eigenvalue weighted by Crippen LogP contribution is 2.14. The van der Waals surface area contributed by atoms with Crippen molar-refractivity contribution >= 4 is 5.91 Å². The number of aromatic amines is 1. The summed E-state index contributed by atoms with van der Waals surface area (Å²) in [5.41, 5.74) is 1.52. The molecule has 3 N–H and O–H groups in total. The molecule has 2 rings (SSSR count). The number of rotatable bonds is 4. The normalized spacial score (nSPS) is 12.0. The van der Waals surface area contributed by atoms with E-state index < -0.39 is 23.3 Å². The molecule has 116 valence electrons. The second-order valence-electron chi connectivity index (χ2n) is 5.08. The minimum absolute atomic E-state index is 0.0244. The molecule has 6 heteroatoms. The van der Waals surface area contributed by atoms with Crippen molar-refractivity contribution in [3.05, 3.63) is 68.9 Å². The average Bonchev–Trinajstić information content (AvgIpc) is 2.49. The molecule has 22 heavy (non-hydrogen) atoms. The molecule has 1 aromatic carbocycles. The largest absolute Gasteiger partial charge is 0.394 e. The fraction of sp³-hybridized carbons (Fsp3) is 0.250. The zero-order valence-corrected chi connectivity index (χ0v) is 12.3. The molecule has 5 nitrogen and oxygen atoms in total. The van der Waals surface area contributed by atoms with Crippen LogP contribution in [-0.4, -0.2) is 22.6 Å². The van der Waals surface area contributed by atoms with Gasteiger partial charge >= 0.3 is 0 Å². The smallest absolute Gasteiger partial charge is 0.261 e. The van der Waals surface area contributed by atoms with Crippen LogP contribution in [0.4, 0.5) is 4.39 Å². The Morgan fingerprint density at radius 3 is 2.55 bits per heavy atom. The van der Waals surface area contributed by atoms with Crippen LogP contribution in [0.3, 0.4) is 0 Å². The zero-order chi connectivity index (χ0) is 16.3. The minimum atomic E-state index is -0.714. The van der Waals surface area contributed by atoms with E-state index in [1.165, 1.54) is 30.3 Å². The predicted octanol–water partition coefficient (Wildman–Crippen LogP) is 1.59. The van der Waals surface area contributed by atoms with E-state index >= 15 is 0 Å². The molecular formula is C16H17FN2O3. The Morgan fingerprint density at radius 1 is 1.32 bits per heavy atom. The van der Waals surface area contributed by atoms with E-state index in [1.54, 1.807) is 13.8 Å². The highest BCUT2D eigenvalue weighted by molar-refractivity contribution is 5.94. The second kappa shape index (κ2) is 6.53. The van der Waals surface area contributed by atoms with E-state index in [-0.39, 0.29) is 12.2 Å². The van der Waals surface area contributed by atoms with Crippen LogP contribution in [0, 0.1) is 19.7 Å². The highest BCUT2D eigenvalue weighted by Gasteiger charge is 2.18. The Hall–Kier alpha value is -2.47. The van der Waals surface area contributed by atoms with Crippen molar-refractivity contribution in [3.8, 4) is 0 Å². The fourth-order valence-corrected chi connectivity index (χ4v) is 2.06. The van der Waals surface area contributed by atoms with Crippen LogP contribution >= 0.6 is 0 Å². The summed E-state index contributed by atoms with van der Waals surface area (Å²) < 4.78 is 12.9. The van der Waals surface area contributed by atoms with Gasteiger partial charge in [-0.2, -0.15) is 0 Å². The lowest BCUT2D eigenvalue weighted by atomic mass is 10.1. The first-order chi connectivity index (χ1) is 10.4. The van der Waals surface area contributed by atoms with Crippen molar-refractivity contribution < 1.29 is 14.3 Å². The summed E-state index contributed by atoms with van der Waals surface area (Å²) in [4.78, 5) is 26.7. The average molecular weight is 304 g/mol. The Kier molecular flexibility index (Phi) is 4.72. The number of nitrogens with one attached hydrogen (secondary N) is 2. The van der Waals surface area contributed by atoms with Gasteiger partial charge in [-0.25, -0.2) is 4.39 Å². The molecule has 0 aliphatic heterocycles. The maximum atomic E-state index is 12.9. The molecule has 1 amide bonds.